The van der Waals surface area contributed by atoms with Gasteiger partial charge in [0.1, 0.15) is 0 Å². The summed E-state index contributed by atoms with van der Waals surface area (Å²) in [6, 6.07) is -0.836. The summed E-state index contributed by atoms with van der Waals surface area (Å²) in [6.07, 6.45) is 0.216. The number of halogens is 1. The SMILES string of the molecule is CSC(C)CCN1C(=O)NC(=O)C(F)C1=O. The van der Waals surface area contributed by atoms with Gasteiger partial charge < -0.3 is 0 Å². The van der Waals surface area contributed by atoms with Gasteiger partial charge in [-0.15, -0.1) is 0 Å². The van der Waals surface area contributed by atoms with E-state index in [4.69, 9.17) is 0 Å². The van der Waals surface area contributed by atoms with Gasteiger partial charge in [0.25, 0.3) is 18.0 Å². The molecule has 0 aromatic heterocycles. The van der Waals surface area contributed by atoms with Crippen molar-refractivity contribution in [1.82, 2.24) is 10.2 Å². The Morgan fingerprint density at radius 1 is 1.50 bits per heavy atom. The quantitative estimate of drug-likeness (QED) is 0.738. The minimum absolute atomic E-state index is 0.125. The van der Waals surface area contributed by atoms with Crippen molar-refractivity contribution in [2.24, 2.45) is 0 Å². The molecule has 2 atom stereocenters. The highest BCUT2D eigenvalue weighted by Crippen LogP contribution is 2.13. The number of barbiturate groups is 1. The van der Waals surface area contributed by atoms with Crippen LogP contribution in [0.4, 0.5) is 9.18 Å². The van der Waals surface area contributed by atoms with Crippen LogP contribution < -0.4 is 5.32 Å². The smallest absolute Gasteiger partial charge is 0.275 e. The first-order chi connectivity index (χ1) is 7.47. The molecule has 1 aliphatic heterocycles. The third-order valence-corrected chi connectivity index (χ3v) is 3.39. The van der Waals surface area contributed by atoms with Crippen LogP contribution >= 0.6 is 11.8 Å². The van der Waals surface area contributed by atoms with Crippen LogP contribution in [0.5, 0.6) is 0 Å². The van der Waals surface area contributed by atoms with Crippen molar-refractivity contribution < 1.29 is 18.8 Å². The van der Waals surface area contributed by atoms with Gasteiger partial charge in [-0.3, -0.25) is 19.8 Å². The standard InChI is InChI=1S/C9H13FN2O3S/c1-5(16-2)3-4-12-8(14)6(10)7(13)11-9(12)15/h5-6H,3-4H2,1-2H3,(H,11,13,15). The van der Waals surface area contributed by atoms with E-state index in [2.05, 4.69) is 0 Å². The summed E-state index contributed by atoms with van der Waals surface area (Å²) in [6.45, 7) is 2.06. The van der Waals surface area contributed by atoms with Crippen LogP contribution in [0.25, 0.3) is 0 Å². The number of imide groups is 2. The largest absolute Gasteiger partial charge is 0.330 e. The van der Waals surface area contributed by atoms with Crippen LogP contribution in [0.15, 0.2) is 0 Å². The van der Waals surface area contributed by atoms with Gasteiger partial charge in [0, 0.05) is 11.8 Å². The number of hydrogen-bond donors (Lipinski definition) is 1. The number of rotatable bonds is 4. The van der Waals surface area contributed by atoms with Gasteiger partial charge in [0.2, 0.25) is 0 Å². The van der Waals surface area contributed by atoms with Gasteiger partial charge in [-0.05, 0) is 12.7 Å². The lowest BCUT2D eigenvalue weighted by molar-refractivity contribution is -0.143. The monoisotopic (exact) mass is 248 g/mol. The normalized spacial score (nSPS) is 23.3. The second-order valence-electron chi connectivity index (χ2n) is 3.48. The maximum absolute atomic E-state index is 13.0. The molecule has 1 heterocycles. The van der Waals surface area contributed by atoms with Crippen molar-refractivity contribution in [1.29, 1.82) is 0 Å². The maximum Gasteiger partial charge on any atom is 0.330 e. The molecule has 1 fully saturated rings. The number of alkyl halides is 1. The van der Waals surface area contributed by atoms with Crippen LogP contribution in [-0.2, 0) is 9.59 Å². The first-order valence-corrected chi connectivity index (χ1v) is 6.09. The summed E-state index contributed by atoms with van der Waals surface area (Å²) in [4.78, 5) is 34.1. The Labute approximate surface area is 96.7 Å². The second-order valence-corrected chi connectivity index (χ2v) is 4.76. The molecular weight excluding hydrogens is 235 g/mol. The average Bonchev–Trinajstić information content (AvgIpc) is 2.25. The third-order valence-electron chi connectivity index (χ3n) is 2.35. The molecule has 1 N–H and O–H groups in total. The molecular formula is C9H13FN2O3S. The molecule has 0 spiro atoms. The van der Waals surface area contributed by atoms with Gasteiger partial charge in [0.15, 0.2) is 0 Å². The van der Waals surface area contributed by atoms with E-state index in [0.717, 1.165) is 4.90 Å². The molecule has 4 amide bonds. The maximum atomic E-state index is 13.0. The second kappa shape index (κ2) is 5.29. The van der Waals surface area contributed by atoms with Crippen molar-refractivity contribution >= 4 is 29.6 Å². The molecule has 7 heteroatoms. The fourth-order valence-corrected chi connectivity index (χ4v) is 1.57. The number of nitrogens with zero attached hydrogens (tertiary/aromatic N) is 1. The molecule has 1 rings (SSSR count). The zero-order valence-corrected chi connectivity index (χ0v) is 9.84. The van der Waals surface area contributed by atoms with Crippen LogP contribution in [0.1, 0.15) is 13.3 Å². The highest BCUT2D eigenvalue weighted by molar-refractivity contribution is 7.99. The third kappa shape index (κ3) is 2.72. The Hall–Kier alpha value is -1.11. The van der Waals surface area contributed by atoms with Gasteiger partial charge in [-0.2, -0.15) is 11.8 Å². The Balaban J connectivity index is 2.61. The lowest BCUT2D eigenvalue weighted by atomic mass is 10.2. The zero-order chi connectivity index (χ0) is 12.3. The first-order valence-electron chi connectivity index (χ1n) is 4.80. The predicted octanol–water partition coefficient (Wildman–Crippen LogP) is 0.544. The molecule has 16 heavy (non-hydrogen) atoms. The van der Waals surface area contributed by atoms with E-state index in [-0.39, 0.29) is 11.8 Å². The highest BCUT2D eigenvalue weighted by Gasteiger charge is 2.40. The lowest BCUT2D eigenvalue weighted by Crippen LogP contribution is -2.59. The van der Waals surface area contributed by atoms with E-state index >= 15 is 0 Å². The van der Waals surface area contributed by atoms with Crippen molar-refractivity contribution in [3.63, 3.8) is 0 Å². The molecule has 0 saturated carbocycles. The molecule has 0 radical (unpaired) electrons. The lowest BCUT2D eigenvalue weighted by Gasteiger charge is -2.27. The molecule has 0 aromatic carbocycles. The minimum Gasteiger partial charge on any atom is -0.275 e. The summed E-state index contributed by atoms with van der Waals surface area (Å²) < 4.78 is 13.0. The molecule has 5 nitrogen and oxygen atoms in total. The van der Waals surface area contributed by atoms with Crippen LogP contribution in [0, 0.1) is 0 Å². The van der Waals surface area contributed by atoms with Crippen molar-refractivity contribution in [3.05, 3.63) is 0 Å². The predicted molar refractivity (Wildman–Crippen MR) is 57.7 cm³/mol. The molecule has 0 aromatic rings. The van der Waals surface area contributed by atoms with E-state index in [1.165, 1.54) is 0 Å². The van der Waals surface area contributed by atoms with Gasteiger partial charge in [0.05, 0.1) is 0 Å². The summed E-state index contributed by atoms with van der Waals surface area (Å²) in [5.74, 6) is -2.24. The summed E-state index contributed by atoms with van der Waals surface area (Å²) in [5, 5.41) is 2.06. The van der Waals surface area contributed by atoms with Crippen LogP contribution in [0.3, 0.4) is 0 Å². The van der Waals surface area contributed by atoms with Crippen molar-refractivity contribution in [2.75, 3.05) is 12.8 Å². The average molecular weight is 248 g/mol. The van der Waals surface area contributed by atoms with E-state index in [1.807, 2.05) is 13.2 Å². The van der Waals surface area contributed by atoms with Crippen molar-refractivity contribution in [3.8, 4) is 0 Å². The van der Waals surface area contributed by atoms with E-state index in [0.29, 0.717) is 6.42 Å². The Morgan fingerprint density at radius 2 is 2.12 bits per heavy atom. The molecule has 0 bridgehead atoms. The summed E-state index contributed by atoms with van der Waals surface area (Å²) in [7, 11) is 0. The fraction of sp³-hybridized carbons (Fsp3) is 0.667. The molecule has 2 unspecified atom stereocenters. The number of urea groups is 1. The highest BCUT2D eigenvalue weighted by atomic mass is 32.2. The Bertz CT molecular complexity index is 324. The molecule has 1 saturated heterocycles. The number of amides is 4. The number of thioether (sulfide) groups is 1. The van der Waals surface area contributed by atoms with Gasteiger partial charge in [-0.1, -0.05) is 6.92 Å². The Kier molecular flexibility index (Phi) is 4.28. The van der Waals surface area contributed by atoms with Crippen LogP contribution in [0.2, 0.25) is 0 Å². The fourth-order valence-electron chi connectivity index (χ4n) is 1.23. The van der Waals surface area contributed by atoms with Crippen LogP contribution in [-0.4, -0.2) is 47.0 Å². The molecule has 1 aliphatic rings. The first kappa shape index (κ1) is 13.0. The minimum atomic E-state index is -2.26. The molecule has 90 valence electrons. The van der Waals surface area contributed by atoms with E-state index < -0.39 is 24.0 Å². The summed E-state index contributed by atoms with van der Waals surface area (Å²) in [5.41, 5.74) is 0. The van der Waals surface area contributed by atoms with Crippen molar-refractivity contribution in [2.45, 2.75) is 24.8 Å². The number of carbonyl (C=O) groups is 3. The van der Waals surface area contributed by atoms with E-state index in [1.54, 1.807) is 17.1 Å². The van der Waals surface area contributed by atoms with Gasteiger partial charge in [-0.25, -0.2) is 9.18 Å². The number of carbonyl (C=O) groups excluding carboxylic acids is 3. The van der Waals surface area contributed by atoms with Gasteiger partial charge >= 0.3 is 6.03 Å². The topological polar surface area (TPSA) is 66.5 Å². The Morgan fingerprint density at radius 3 is 2.69 bits per heavy atom. The zero-order valence-electron chi connectivity index (χ0n) is 9.03. The summed E-state index contributed by atoms with van der Waals surface area (Å²) >= 11 is 1.59. The number of hydrogen-bond acceptors (Lipinski definition) is 4. The van der Waals surface area contributed by atoms with E-state index in [9.17, 15) is 18.8 Å². The molecule has 0 aliphatic carbocycles. The number of nitrogens with one attached hydrogen (secondary N) is 1.